The molecule has 20 heavy (non-hydrogen) atoms. The summed E-state index contributed by atoms with van der Waals surface area (Å²) in [4.78, 5) is 15.8. The SMILES string of the molecule is CC1=NCc2cc(C(F)(F)C(=O)OC(C)(C)C)ccc21. The van der Waals surface area contributed by atoms with Gasteiger partial charge in [-0.05, 0) is 39.3 Å². The molecule has 5 heteroatoms. The summed E-state index contributed by atoms with van der Waals surface area (Å²) in [5.41, 5.74) is 1.09. The van der Waals surface area contributed by atoms with E-state index >= 15 is 0 Å². The Bertz CT molecular complexity index is 586. The maximum absolute atomic E-state index is 14.1. The number of fused-ring (bicyclic) bond motifs is 1. The van der Waals surface area contributed by atoms with Gasteiger partial charge in [-0.25, -0.2) is 4.79 Å². The summed E-state index contributed by atoms with van der Waals surface area (Å²) in [5, 5.41) is 0. The van der Waals surface area contributed by atoms with E-state index in [0.29, 0.717) is 12.1 Å². The summed E-state index contributed by atoms with van der Waals surface area (Å²) in [6.07, 6.45) is 0. The van der Waals surface area contributed by atoms with Crippen LogP contribution in [0.1, 0.15) is 44.4 Å². The van der Waals surface area contributed by atoms with E-state index in [1.54, 1.807) is 26.8 Å². The first kappa shape index (κ1) is 14.6. The second-order valence-corrected chi connectivity index (χ2v) is 5.85. The van der Waals surface area contributed by atoms with Crippen molar-refractivity contribution in [2.45, 2.75) is 45.8 Å². The quantitative estimate of drug-likeness (QED) is 0.779. The predicted molar refractivity (Wildman–Crippen MR) is 72.1 cm³/mol. The number of hydrogen-bond donors (Lipinski definition) is 0. The summed E-state index contributed by atoms with van der Waals surface area (Å²) in [6, 6.07) is 4.17. The van der Waals surface area contributed by atoms with Crippen LogP contribution in [0.25, 0.3) is 0 Å². The molecule has 0 fully saturated rings. The fourth-order valence-electron chi connectivity index (χ4n) is 2.02. The average Bonchev–Trinajstić information content (AvgIpc) is 2.68. The Labute approximate surface area is 116 Å². The minimum atomic E-state index is -3.65. The van der Waals surface area contributed by atoms with Gasteiger partial charge in [0.05, 0.1) is 6.54 Å². The molecule has 0 aliphatic carbocycles. The highest BCUT2D eigenvalue weighted by atomic mass is 19.3. The number of nitrogens with zero attached hydrogens (tertiary/aromatic N) is 1. The second-order valence-electron chi connectivity index (χ2n) is 5.85. The van der Waals surface area contributed by atoms with Gasteiger partial charge < -0.3 is 4.74 Å². The number of esters is 1. The Balaban J connectivity index is 2.29. The molecule has 0 N–H and O–H groups in total. The van der Waals surface area contributed by atoms with Crippen molar-refractivity contribution in [2.24, 2.45) is 4.99 Å². The second kappa shape index (κ2) is 4.65. The van der Waals surface area contributed by atoms with Crippen LogP contribution in [0.4, 0.5) is 8.78 Å². The molecule has 0 atom stereocenters. The molecule has 3 nitrogen and oxygen atoms in total. The monoisotopic (exact) mass is 281 g/mol. The van der Waals surface area contributed by atoms with E-state index < -0.39 is 17.5 Å². The fourth-order valence-corrected chi connectivity index (χ4v) is 2.02. The van der Waals surface area contributed by atoms with E-state index in [1.165, 1.54) is 12.1 Å². The highest BCUT2D eigenvalue weighted by Gasteiger charge is 2.44. The Morgan fingerprint density at radius 3 is 2.55 bits per heavy atom. The summed E-state index contributed by atoms with van der Waals surface area (Å²) >= 11 is 0. The molecular formula is C15H17F2NO2. The Morgan fingerprint density at radius 2 is 1.95 bits per heavy atom. The molecule has 1 aromatic rings. The third-order valence-corrected chi connectivity index (χ3v) is 3.00. The third kappa shape index (κ3) is 2.71. The van der Waals surface area contributed by atoms with Gasteiger partial charge in [0, 0.05) is 16.8 Å². The minimum absolute atomic E-state index is 0.351. The van der Waals surface area contributed by atoms with Gasteiger partial charge >= 0.3 is 11.9 Å². The van der Waals surface area contributed by atoms with Gasteiger partial charge in [-0.1, -0.05) is 12.1 Å². The van der Waals surface area contributed by atoms with Gasteiger partial charge in [0.2, 0.25) is 0 Å². The van der Waals surface area contributed by atoms with E-state index in [2.05, 4.69) is 4.99 Å². The van der Waals surface area contributed by atoms with Crippen molar-refractivity contribution in [1.82, 2.24) is 0 Å². The smallest absolute Gasteiger partial charge is 0.382 e. The molecule has 0 aromatic heterocycles. The van der Waals surface area contributed by atoms with Crippen molar-refractivity contribution in [3.63, 3.8) is 0 Å². The first-order valence-electron chi connectivity index (χ1n) is 6.37. The number of alkyl halides is 2. The van der Waals surface area contributed by atoms with Crippen LogP contribution in [0.5, 0.6) is 0 Å². The lowest BCUT2D eigenvalue weighted by Gasteiger charge is -2.24. The van der Waals surface area contributed by atoms with Crippen molar-refractivity contribution in [3.05, 3.63) is 34.9 Å². The Morgan fingerprint density at radius 1 is 1.30 bits per heavy atom. The van der Waals surface area contributed by atoms with Gasteiger partial charge in [-0.2, -0.15) is 8.78 Å². The largest absolute Gasteiger partial charge is 0.455 e. The Hall–Kier alpha value is -1.78. The lowest BCUT2D eigenvalue weighted by atomic mass is 10.00. The highest BCUT2D eigenvalue weighted by molar-refractivity contribution is 6.02. The van der Waals surface area contributed by atoms with Crippen LogP contribution in [-0.4, -0.2) is 17.3 Å². The van der Waals surface area contributed by atoms with Gasteiger partial charge in [0.25, 0.3) is 0 Å². The highest BCUT2D eigenvalue weighted by Crippen LogP contribution is 2.33. The molecule has 108 valence electrons. The van der Waals surface area contributed by atoms with Crippen molar-refractivity contribution < 1.29 is 18.3 Å². The minimum Gasteiger partial charge on any atom is -0.455 e. The van der Waals surface area contributed by atoms with Crippen molar-refractivity contribution in [2.75, 3.05) is 0 Å². The first-order chi connectivity index (χ1) is 9.11. The van der Waals surface area contributed by atoms with Crippen LogP contribution in [0.15, 0.2) is 23.2 Å². The van der Waals surface area contributed by atoms with Crippen LogP contribution in [0.3, 0.4) is 0 Å². The molecule has 1 aromatic carbocycles. The maximum atomic E-state index is 14.1. The molecule has 0 amide bonds. The third-order valence-electron chi connectivity index (χ3n) is 3.00. The van der Waals surface area contributed by atoms with Crippen LogP contribution in [-0.2, 0) is 22.0 Å². The zero-order valence-corrected chi connectivity index (χ0v) is 12.0. The van der Waals surface area contributed by atoms with E-state index in [0.717, 1.165) is 11.3 Å². The Kier molecular flexibility index (Phi) is 3.40. The number of carbonyl (C=O) groups is 1. The number of rotatable bonds is 2. The fraction of sp³-hybridized carbons (Fsp3) is 0.467. The molecule has 1 heterocycles. The van der Waals surface area contributed by atoms with Gasteiger partial charge in [0.15, 0.2) is 0 Å². The molecular weight excluding hydrogens is 264 g/mol. The van der Waals surface area contributed by atoms with Crippen LogP contribution in [0.2, 0.25) is 0 Å². The average molecular weight is 281 g/mol. The summed E-state index contributed by atoms with van der Waals surface area (Å²) in [5.74, 6) is -5.18. The molecule has 0 bridgehead atoms. The number of ether oxygens (including phenoxy) is 1. The zero-order chi connectivity index (χ0) is 15.1. The number of benzene rings is 1. The lowest BCUT2D eigenvalue weighted by molar-refractivity contribution is -0.185. The van der Waals surface area contributed by atoms with E-state index in [1.807, 2.05) is 6.92 Å². The predicted octanol–water partition coefficient (Wildman–Crippen LogP) is 3.44. The zero-order valence-electron chi connectivity index (χ0n) is 12.0. The number of carbonyl (C=O) groups excluding carboxylic acids is 1. The normalized spacial score (nSPS) is 14.8. The van der Waals surface area contributed by atoms with E-state index in [9.17, 15) is 13.6 Å². The molecule has 0 unspecified atom stereocenters. The van der Waals surface area contributed by atoms with Crippen LogP contribution < -0.4 is 0 Å². The van der Waals surface area contributed by atoms with Crippen LogP contribution in [0, 0.1) is 0 Å². The van der Waals surface area contributed by atoms with E-state index in [4.69, 9.17) is 4.74 Å². The first-order valence-corrected chi connectivity index (χ1v) is 6.37. The number of hydrogen-bond acceptors (Lipinski definition) is 3. The van der Waals surface area contributed by atoms with Crippen molar-refractivity contribution in [1.29, 1.82) is 0 Å². The van der Waals surface area contributed by atoms with Crippen molar-refractivity contribution in [3.8, 4) is 0 Å². The molecule has 0 saturated carbocycles. The molecule has 2 rings (SSSR count). The molecule has 1 aliphatic heterocycles. The summed E-state index contributed by atoms with van der Waals surface area (Å²) < 4.78 is 33.0. The lowest BCUT2D eigenvalue weighted by Crippen LogP contribution is -2.35. The van der Waals surface area contributed by atoms with Gasteiger partial charge in [-0.15, -0.1) is 0 Å². The van der Waals surface area contributed by atoms with Crippen molar-refractivity contribution >= 4 is 11.7 Å². The summed E-state index contributed by atoms with van der Waals surface area (Å²) in [6.45, 7) is 6.87. The number of halogens is 2. The van der Waals surface area contributed by atoms with E-state index in [-0.39, 0.29) is 5.56 Å². The maximum Gasteiger partial charge on any atom is 0.382 e. The van der Waals surface area contributed by atoms with Gasteiger partial charge in [0.1, 0.15) is 5.60 Å². The number of aliphatic imine (C=N–C) groups is 1. The molecule has 0 saturated heterocycles. The molecule has 0 spiro atoms. The standard InChI is InChI=1S/C15H17F2NO2/c1-9-12-6-5-11(7-10(12)8-18-9)15(16,17)13(19)20-14(2,3)4/h5-7H,8H2,1-4H3. The van der Waals surface area contributed by atoms with Crippen LogP contribution >= 0.6 is 0 Å². The molecule has 0 radical (unpaired) electrons. The molecule has 1 aliphatic rings. The topological polar surface area (TPSA) is 38.7 Å². The van der Waals surface area contributed by atoms with Gasteiger partial charge in [-0.3, -0.25) is 4.99 Å². The summed E-state index contributed by atoms with van der Waals surface area (Å²) in [7, 11) is 0.